The van der Waals surface area contributed by atoms with E-state index >= 15 is 0 Å². The zero-order chi connectivity index (χ0) is 10.7. The van der Waals surface area contributed by atoms with E-state index in [0.29, 0.717) is 11.4 Å². The molecule has 2 N–H and O–H groups in total. The molecule has 2 heterocycles. The van der Waals surface area contributed by atoms with Crippen molar-refractivity contribution in [3.05, 3.63) is 34.0 Å². The minimum absolute atomic E-state index is 0.0869. The van der Waals surface area contributed by atoms with Crippen molar-refractivity contribution in [1.29, 1.82) is 0 Å². The monoisotopic (exact) mass is 222 g/mol. The first kappa shape index (κ1) is 9.85. The van der Waals surface area contributed by atoms with Crippen LogP contribution in [0.2, 0.25) is 0 Å². The molecule has 0 aliphatic carbocycles. The Morgan fingerprint density at radius 3 is 3.13 bits per heavy atom. The fraction of sp³-hybridized carbons (Fsp3) is 0.222. The van der Waals surface area contributed by atoms with E-state index < -0.39 is 0 Å². The van der Waals surface area contributed by atoms with Crippen molar-refractivity contribution < 1.29 is 4.79 Å². The van der Waals surface area contributed by atoms with Gasteiger partial charge in [0.1, 0.15) is 4.88 Å². The number of hydrogen-bond donors (Lipinski definition) is 2. The van der Waals surface area contributed by atoms with Crippen molar-refractivity contribution in [1.82, 2.24) is 20.5 Å². The quantitative estimate of drug-likeness (QED) is 0.817. The first-order valence-electron chi connectivity index (χ1n) is 4.43. The number of aromatic nitrogens is 3. The fourth-order valence-electron chi connectivity index (χ4n) is 1.16. The van der Waals surface area contributed by atoms with Gasteiger partial charge in [-0.2, -0.15) is 5.10 Å². The third-order valence-corrected chi connectivity index (χ3v) is 2.89. The van der Waals surface area contributed by atoms with Gasteiger partial charge in [-0.05, 0) is 6.92 Å². The highest BCUT2D eigenvalue weighted by Crippen LogP contribution is 2.11. The maximum absolute atomic E-state index is 11.7. The summed E-state index contributed by atoms with van der Waals surface area (Å²) in [6.45, 7) is 2.30. The van der Waals surface area contributed by atoms with E-state index in [4.69, 9.17) is 0 Å². The van der Waals surface area contributed by atoms with E-state index in [1.54, 1.807) is 17.9 Å². The SMILES string of the molecule is Cc1ncsc1C(=O)NCc1cn[nH]c1. The van der Waals surface area contributed by atoms with E-state index in [1.165, 1.54) is 11.3 Å². The second-order valence-electron chi connectivity index (χ2n) is 3.06. The van der Waals surface area contributed by atoms with Crippen molar-refractivity contribution in [3.63, 3.8) is 0 Å². The third-order valence-electron chi connectivity index (χ3n) is 1.96. The predicted molar refractivity (Wildman–Crippen MR) is 56.6 cm³/mol. The largest absolute Gasteiger partial charge is 0.347 e. The smallest absolute Gasteiger partial charge is 0.263 e. The minimum atomic E-state index is -0.0869. The van der Waals surface area contributed by atoms with Gasteiger partial charge in [0.05, 0.1) is 17.4 Å². The lowest BCUT2D eigenvalue weighted by Gasteiger charge is -2.01. The number of thiazole rings is 1. The summed E-state index contributed by atoms with van der Waals surface area (Å²) in [6, 6.07) is 0. The van der Waals surface area contributed by atoms with Crippen LogP contribution < -0.4 is 5.32 Å². The Kier molecular flexibility index (Phi) is 2.77. The zero-order valence-corrected chi connectivity index (χ0v) is 8.97. The van der Waals surface area contributed by atoms with Crippen LogP contribution in [0.4, 0.5) is 0 Å². The highest BCUT2D eigenvalue weighted by Gasteiger charge is 2.10. The van der Waals surface area contributed by atoms with Crippen molar-refractivity contribution in [2.24, 2.45) is 0 Å². The molecule has 5 nitrogen and oxygen atoms in total. The van der Waals surface area contributed by atoms with E-state index in [9.17, 15) is 4.79 Å². The van der Waals surface area contributed by atoms with Crippen LogP contribution in [0.5, 0.6) is 0 Å². The Morgan fingerprint density at radius 2 is 2.53 bits per heavy atom. The molecule has 0 aromatic carbocycles. The van der Waals surface area contributed by atoms with Crippen molar-refractivity contribution in [3.8, 4) is 0 Å². The molecule has 0 spiro atoms. The van der Waals surface area contributed by atoms with Crippen LogP contribution in [-0.2, 0) is 6.54 Å². The first-order valence-corrected chi connectivity index (χ1v) is 5.31. The topological polar surface area (TPSA) is 70.7 Å². The number of nitrogens with one attached hydrogen (secondary N) is 2. The molecule has 78 valence electrons. The Labute approximate surface area is 90.6 Å². The van der Waals surface area contributed by atoms with Gasteiger partial charge in [-0.1, -0.05) is 0 Å². The summed E-state index contributed by atoms with van der Waals surface area (Å²) < 4.78 is 0. The lowest BCUT2D eigenvalue weighted by atomic mass is 10.3. The molecule has 2 rings (SSSR count). The van der Waals surface area contributed by atoms with Gasteiger partial charge in [0.15, 0.2) is 0 Å². The molecule has 0 aliphatic rings. The van der Waals surface area contributed by atoms with Gasteiger partial charge in [-0.15, -0.1) is 11.3 Å². The maximum Gasteiger partial charge on any atom is 0.263 e. The van der Waals surface area contributed by atoms with Gasteiger partial charge in [0, 0.05) is 18.3 Å². The Bertz CT molecular complexity index is 448. The molecule has 0 saturated heterocycles. The van der Waals surface area contributed by atoms with Crippen molar-refractivity contribution in [2.45, 2.75) is 13.5 Å². The van der Waals surface area contributed by atoms with Gasteiger partial charge in [-0.25, -0.2) is 4.98 Å². The predicted octanol–water partition coefficient (Wildman–Crippen LogP) is 1.10. The van der Waals surface area contributed by atoms with E-state index in [0.717, 1.165) is 11.3 Å². The molecule has 2 aromatic rings. The second-order valence-corrected chi connectivity index (χ2v) is 3.91. The van der Waals surface area contributed by atoms with Gasteiger partial charge in [-0.3, -0.25) is 9.89 Å². The van der Waals surface area contributed by atoms with Crippen LogP contribution in [0.25, 0.3) is 0 Å². The maximum atomic E-state index is 11.7. The lowest BCUT2D eigenvalue weighted by molar-refractivity contribution is 0.0954. The Morgan fingerprint density at radius 1 is 1.67 bits per heavy atom. The third kappa shape index (κ3) is 2.21. The summed E-state index contributed by atoms with van der Waals surface area (Å²) in [6.07, 6.45) is 3.43. The number of amides is 1. The van der Waals surface area contributed by atoms with E-state index in [1.807, 2.05) is 6.92 Å². The van der Waals surface area contributed by atoms with Gasteiger partial charge >= 0.3 is 0 Å². The molecule has 0 unspecified atom stereocenters. The summed E-state index contributed by atoms with van der Waals surface area (Å²) in [7, 11) is 0. The first-order chi connectivity index (χ1) is 7.27. The van der Waals surface area contributed by atoms with Crippen molar-refractivity contribution >= 4 is 17.2 Å². The van der Waals surface area contributed by atoms with Gasteiger partial charge < -0.3 is 5.32 Å². The second kappa shape index (κ2) is 4.22. The molecule has 0 aliphatic heterocycles. The normalized spacial score (nSPS) is 10.2. The van der Waals surface area contributed by atoms with E-state index in [-0.39, 0.29) is 5.91 Å². The van der Waals surface area contributed by atoms with Gasteiger partial charge in [0.2, 0.25) is 0 Å². The molecule has 6 heteroatoms. The number of aryl methyl sites for hydroxylation is 1. The van der Waals surface area contributed by atoms with Crippen LogP contribution >= 0.6 is 11.3 Å². The summed E-state index contributed by atoms with van der Waals surface area (Å²) in [5.74, 6) is -0.0869. The number of nitrogens with zero attached hydrogens (tertiary/aromatic N) is 2. The molecule has 0 bridgehead atoms. The molecule has 0 atom stereocenters. The standard InChI is InChI=1S/C9H10N4OS/c1-6-8(15-5-11-6)9(14)10-2-7-3-12-13-4-7/h3-5H,2H2,1H3,(H,10,14)(H,12,13). The van der Waals surface area contributed by atoms with Gasteiger partial charge in [0.25, 0.3) is 5.91 Å². The number of H-pyrrole nitrogens is 1. The molecular formula is C9H10N4OS. The number of carbonyl (C=O) groups excluding carboxylic acids is 1. The summed E-state index contributed by atoms with van der Waals surface area (Å²) in [5, 5.41) is 9.28. The van der Waals surface area contributed by atoms with Crippen LogP contribution in [0.15, 0.2) is 17.9 Å². The average Bonchev–Trinajstić information content (AvgIpc) is 2.84. The van der Waals surface area contributed by atoms with Crippen LogP contribution in [0.3, 0.4) is 0 Å². The molecule has 0 saturated carbocycles. The highest BCUT2D eigenvalue weighted by atomic mass is 32.1. The molecular weight excluding hydrogens is 212 g/mol. The Hall–Kier alpha value is -1.69. The molecule has 0 fully saturated rings. The highest BCUT2D eigenvalue weighted by molar-refractivity contribution is 7.11. The van der Waals surface area contributed by atoms with Crippen molar-refractivity contribution in [2.75, 3.05) is 0 Å². The lowest BCUT2D eigenvalue weighted by Crippen LogP contribution is -2.22. The molecule has 2 aromatic heterocycles. The minimum Gasteiger partial charge on any atom is -0.347 e. The fourth-order valence-corrected chi connectivity index (χ4v) is 1.88. The number of rotatable bonds is 3. The number of aromatic amines is 1. The molecule has 1 amide bonds. The zero-order valence-electron chi connectivity index (χ0n) is 8.15. The summed E-state index contributed by atoms with van der Waals surface area (Å²) in [4.78, 5) is 16.3. The van der Waals surface area contributed by atoms with E-state index in [2.05, 4.69) is 20.5 Å². The van der Waals surface area contributed by atoms with Crippen LogP contribution in [-0.4, -0.2) is 21.1 Å². The summed E-state index contributed by atoms with van der Waals surface area (Å²) >= 11 is 1.35. The van der Waals surface area contributed by atoms with Crippen LogP contribution in [0.1, 0.15) is 20.9 Å². The molecule has 15 heavy (non-hydrogen) atoms. The van der Waals surface area contributed by atoms with Crippen LogP contribution in [0, 0.1) is 6.92 Å². The average molecular weight is 222 g/mol. The Balaban J connectivity index is 1.96. The number of carbonyl (C=O) groups is 1. The molecule has 0 radical (unpaired) electrons. The number of hydrogen-bond acceptors (Lipinski definition) is 4. The summed E-state index contributed by atoms with van der Waals surface area (Å²) in [5.41, 5.74) is 3.39.